The maximum Gasteiger partial charge on any atom is 0.335 e. The summed E-state index contributed by atoms with van der Waals surface area (Å²) in [6.45, 7) is 0.718. The molecule has 0 atom stereocenters. The van der Waals surface area contributed by atoms with Crippen LogP contribution in [0.2, 0.25) is 0 Å². The van der Waals surface area contributed by atoms with Crippen LogP contribution in [-0.4, -0.2) is 18.2 Å². The fourth-order valence-electron chi connectivity index (χ4n) is 1.61. The Morgan fingerprint density at radius 1 is 1.15 bits per heavy atom. The Kier molecular flexibility index (Phi) is 5.03. The highest BCUT2D eigenvalue weighted by atomic mass is 32.2. The molecule has 0 bridgehead atoms. The summed E-state index contributed by atoms with van der Waals surface area (Å²) in [5.74, 6) is -0.0709. The average molecular weight is 289 g/mol. The summed E-state index contributed by atoms with van der Waals surface area (Å²) in [7, 11) is 1.64. The number of carbonyl (C=O) groups is 1. The van der Waals surface area contributed by atoms with Gasteiger partial charge < -0.3 is 9.84 Å². The molecule has 0 saturated heterocycles. The van der Waals surface area contributed by atoms with E-state index >= 15 is 0 Å². The van der Waals surface area contributed by atoms with Crippen molar-refractivity contribution >= 4 is 17.9 Å². The predicted octanol–water partition coefficient (Wildman–Crippen LogP) is 3.19. The number of methoxy groups -OCH3 is 1. The first-order valence-electron chi connectivity index (χ1n) is 6.05. The van der Waals surface area contributed by atoms with Crippen molar-refractivity contribution in [2.75, 3.05) is 7.11 Å². The lowest BCUT2D eigenvalue weighted by molar-refractivity contribution is 0.0697. The van der Waals surface area contributed by atoms with E-state index in [1.807, 2.05) is 24.3 Å². The first kappa shape index (κ1) is 14.4. The zero-order valence-electron chi connectivity index (χ0n) is 11.0. The normalized spacial score (nSPS) is 10.2. The Balaban J connectivity index is 1.84. The quantitative estimate of drug-likeness (QED) is 0.800. The minimum atomic E-state index is -0.909. The molecule has 0 fully saturated rings. The number of hydrogen-bond acceptors (Lipinski definition) is 4. The number of hydrogen-bond donors (Lipinski definition) is 2. The summed E-state index contributed by atoms with van der Waals surface area (Å²) < 4.78 is 8.33. The number of aromatic carboxylic acids is 1. The van der Waals surface area contributed by atoms with Crippen molar-refractivity contribution in [3.63, 3.8) is 0 Å². The van der Waals surface area contributed by atoms with Crippen LogP contribution in [0, 0.1) is 0 Å². The average Bonchev–Trinajstić information content (AvgIpc) is 2.48. The monoisotopic (exact) mass is 289 g/mol. The van der Waals surface area contributed by atoms with Gasteiger partial charge in [0.25, 0.3) is 0 Å². The van der Waals surface area contributed by atoms with Gasteiger partial charge in [-0.15, -0.1) is 0 Å². The lowest BCUT2D eigenvalue weighted by atomic mass is 10.2. The molecule has 0 spiro atoms. The maximum absolute atomic E-state index is 10.7. The van der Waals surface area contributed by atoms with E-state index in [9.17, 15) is 4.79 Å². The third-order valence-corrected chi connectivity index (χ3v) is 3.52. The predicted molar refractivity (Wildman–Crippen MR) is 79.1 cm³/mol. The van der Waals surface area contributed by atoms with E-state index in [4.69, 9.17) is 9.84 Å². The molecule has 0 amide bonds. The van der Waals surface area contributed by atoms with Crippen LogP contribution in [-0.2, 0) is 6.54 Å². The second-order valence-electron chi connectivity index (χ2n) is 4.10. The van der Waals surface area contributed by atoms with Crippen molar-refractivity contribution in [3.8, 4) is 5.75 Å². The van der Waals surface area contributed by atoms with Gasteiger partial charge in [-0.05, 0) is 53.9 Å². The van der Waals surface area contributed by atoms with E-state index in [0.717, 1.165) is 22.8 Å². The van der Waals surface area contributed by atoms with Gasteiger partial charge in [-0.3, -0.25) is 4.72 Å². The number of carboxylic acids is 1. The van der Waals surface area contributed by atoms with Gasteiger partial charge >= 0.3 is 5.97 Å². The molecule has 2 aromatic rings. The summed E-state index contributed by atoms with van der Waals surface area (Å²) in [6, 6.07) is 14.6. The van der Waals surface area contributed by atoms with Gasteiger partial charge in [-0.1, -0.05) is 12.1 Å². The van der Waals surface area contributed by atoms with Crippen molar-refractivity contribution < 1.29 is 14.6 Å². The SMILES string of the molecule is COc1ccc(CNSc2ccc(C(=O)O)cc2)cc1. The summed E-state index contributed by atoms with van der Waals surface area (Å²) >= 11 is 1.47. The molecule has 104 valence electrons. The molecule has 0 radical (unpaired) electrons. The summed E-state index contributed by atoms with van der Waals surface area (Å²) in [6.07, 6.45) is 0. The zero-order valence-corrected chi connectivity index (χ0v) is 11.8. The minimum Gasteiger partial charge on any atom is -0.497 e. The Labute approximate surface area is 121 Å². The molecular weight excluding hydrogens is 274 g/mol. The molecule has 0 saturated carbocycles. The third kappa shape index (κ3) is 4.01. The Hall–Kier alpha value is -1.98. The van der Waals surface area contributed by atoms with Gasteiger partial charge in [0.2, 0.25) is 0 Å². The summed E-state index contributed by atoms with van der Waals surface area (Å²) in [4.78, 5) is 11.7. The zero-order chi connectivity index (χ0) is 14.4. The Morgan fingerprint density at radius 2 is 1.80 bits per heavy atom. The second kappa shape index (κ2) is 6.98. The van der Waals surface area contributed by atoms with E-state index in [-0.39, 0.29) is 0 Å². The van der Waals surface area contributed by atoms with Crippen LogP contribution >= 0.6 is 11.9 Å². The van der Waals surface area contributed by atoms with E-state index in [1.54, 1.807) is 31.4 Å². The van der Waals surface area contributed by atoms with Crippen LogP contribution in [0.25, 0.3) is 0 Å². The molecule has 0 aromatic heterocycles. The maximum atomic E-state index is 10.7. The van der Waals surface area contributed by atoms with Crippen LogP contribution in [0.5, 0.6) is 5.75 Å². The Morgan fingerprint density at radius 3 is 2.35 bits per heavy atom. The highest BCUT2D eigenvalue weighted by Gasteiger charge is 2.02. The number of ether oxygens (including phenoxy) is 1. The molecule has 0 unspecified atom stereocenters. The van der Waals surface area contributed by atoms with Crippen molar-refractivity contribution in [2.24, 2.45) is 0 Å². The summed E-state index contributed by atoms with van der Waals surface area (Å²) in [5, 5.41) is 8.81. The van der Waals surface area contributed by atoms with Gasteiger partial charge in [-0.2, -0.15) is 0 Å². The van der Waals surface area contributed by atoms with E-state index in [0.29, 0.717) is 5.56 Å². The van der Waals surface area contributed by atoms with Crippen LogP contribution in [0.15, 0.2) is 53.4 Å². The highest BCUT2D eigenvalue weighted by Crippen LogP contribution is 2.17. The number of nitrogens with one attached hydrogen (secondary N) is 1. The smallest absolute Gasteiger partial charge is 0.335 e. The lowest BCUT2D eigenvalue weighted by Gasteiger charge is -2.06. The molecule has 5 heteroatoms. The third-order valence-electron chi connectivity index (χ3n) is 2.73. The lowest BCUT2D eigenvalue weighted by Crippen LogP contribution is -2.03. The van der Waals surface area contributed by atoms with Gasteiger partial charge in [0.05, 0.1) is 12.7 Å². The molecule has 0 aliphatic rings. The van der Waals surface area contributed by atoms with Gasteiger partial charge in [0, 0.05) is 11.4 Å². The first-order valence-corrected chi connectivity index (χ1v) is 6.86. The molecular formula is C15H15NO3S. The fourth-order valence-corrected chi connectivity index (χ4v) is 2.29. The van der Waals surface area contributed by atoms with Crippen LogP contribution in [0.4, 0.5) is 0 Å². The molecule has 0 heterocycles. The van der Waals surface area contributed by atoms with Crippen LogP contribution < -0.4 is 9.46 Å². The molecule has 2 aromatic carbocycles. The topological polar surface area (TPSA) is 58.6 Å². The van der Waals surface area contributed by atoms with Crippen LogP contribution in [0.3, 0.4) is 0 Å². The van der Waals surface area contributed by atoms with Crippen molar-refractivity contribution in [1.29, 1.82) is 0 Å². The fraction of sp³-hybridized carbons (Fsp3) is 0.133. The van der Waals surface area contributed by atoms with Gasteiger partial charge in [-0.25, -0.2) is 4.79 Å². The van der Waals surface area contributed by atoms with Crippen molar-refractivity contribution in [1.82, 2.24) is 4.72 Å². The van der Waals surface area contributed by atoms with Crippen molar-refractivity contribution in [2.45, 2.75) is 11.4 Å². The minimum absolute atomic E-state index is 0.296. The highest BCUT2D eigenvalue weighted by molar-refractivity contribution is 7.97. The molecule has 0 aliphatic carbocycles. The van der Waals surface area contributed by atoms with E-state index in [2.05, 4.69) is 4.72 Å². The summed E-state index contributed by atoms with van der Waals surface area (Å²) in [5.41, 5.74) is 1.45. The molecule has 2 N–H and O–H groups in total. The first-order chi connectivity index (χ1) is 9.69. The van der Waals surface area contributed by atoms with E-state index in [1.165, 1.54) is 11.9 Å². The van der Waals surface area contributed by atoms with Crippen LogP contribution in [0.1, 0.15) is 15.9 Å². The van der Waals surface area contributed by atoms with Crippen molar-refractivity contribution in [3.05, 3.63) is 59.7 Å². The largest absolute Gasteiger partial charge is 0.497 e. The molecule has 2 rings (SSSR count). The number of carboxylic acid groups (broad SMARTS) is 1. The molecule has 4 nitrogen and oxygen atoms in total. The molecule has 0 aliphatic heterocycles. The Bertz CT molecular complexity index is 567. The number of benzene rings is 2. The van der Waals surface area contributed by atoms with E-state index < -0.39 is 5.97 Å². The molecule has 20 heavy (non-hydrogen) atoms. The van der Waals surface area contributed by atoms with Gasteiger partial charge in [0.15, 0.2) is 0 Å². The second-order valence-corrected chi connectivity index (χ2v) is 5.06. The number of rotatable bonds is 6. The standard InChI is InChI=1S/C15H15NO3S/c1-19-13-6-2-11(3-7-13)10-16-20-14-8-4-12(5-9-14)15(17)18/h2-9,16H,10H2,1H3,(H,17,18). The van der Waals surface area contributed by atoms with Gasteiger partial charge in [0.1, 0.15) is 5.75 Å².